The number of ether oxygens (including phenoxy) is 1. The van der Waals surface area contributed by atoms with Crippen molar-refractivity contribution in [3.05, 3.63) is 48.0 Å². The van der Waals surface area contributed by atoms with E-state index in [0.717, 1.165) is 5.56 Å². The number of hydrogen-bond acceptors (Lipinski definition) is 6. The first-order valence-electron chi connectivity index (χ1n) is 7.48. The summed E-state index contributed by atoms with van der Waals surface area (Å²) in [6.45, 7) is 4.14. The summed E-state index contributed by atoms with van der Waals surface area (Å²) in [7, 11) is -3.80. The van der Waals surface area contributed by atoms with Gasteiger partial charge in [-0.2, -0.15) is 0 Å². The van der Waals surface area contributed by atoms with Crippen LogP contribution in [0, 0.1) is 0 Å². The normalized spacial score (nSPS) is 13.1. The van der Waals surface area contributed by atoms with E-state index in [1.165, 1.54) is 6.07 Å². The van der Waals surface area contributed by atoms with Crippen LogP contribution in [0.2, 0.25) is 0 Å². The zero-order valence-electron chi connectivity index (χ0n) is 13.3. The SMILES string of the molecule is CCOc1ccccc1C(C)NS(=O)(=O)c1cccc2nonc12. The summed E-state index contributed by atoms with van der Waals surface area (Å²) < 4.78 is 38.3. The van der Waals surface area contributed by atoms with E-state index in [0.29, 0.717) is 17.9 Å². The molecule has 0 bridgehead atoms. The zero-order chi connectivity index (χ0) is 17.2. The Balaban J connectivity index is 1.94. The third-order valence-corrected chi connectivity index (χ3v) is 5.13. The molecule has 0 saturated heterocycles. The van der Waals surface area contributed by atoms with Gasteiger partial charge in [0.05, 0.1) is 6.61 Å². The molecule has 126 valence electrons. The van der Waals surface area contributed by atoms with E-state index in [-0.39, 0.29) is 10.4 Å². The lowest BCUT2D eigenvalue weighted by molar-refractivity contribution is 0.315. The number of sulfonamides is 1. The molecule has 0 amide bonds. The minimum atomic E-state index is -3.80. The van der Waals surface area contributed by atoms with Crippen LogP contribution in [-0.4, -0.2) is 25.3 Å². The predicted octanol–water partition coefficient (Wildman–Crippen LogP) is 2.66. The summed E-state index contributed by atoms with van der Waals surface area (Å²) in [5.74, 6) is 0.650. The molecular weight excluding hydrogens is 330 g/mol. The third kappa shape index (κ3) is 3.10. The van der Waals surface area contributed by atoms with Crippen LogP contribution in [0.5, 0.6) is 5.75 Å². The highest BCUT2D eigenvalue weighted by atomic mass is 32.2. The smallest absolute Gasteiger partial charge is 0.243 e. The predicted molar refractivity (Wildman–Crippen MR) is 88.2 cm³/mol. The first-order chi connectivity index (χ1) is 11.5. The number of para-hydroxylation sites is 1. The van der Waals surface area contributed by atoms with Gasteiger partial charge >= 0.3 is 0 Å². The van der Waals surface area contributed by atoms with Gasteiger partial charge in [-0.3, -0.25) is 0 Å². The van der Waals surface area contributed by atoms with Crippen LogP contribution in [0.3, 0.4) is 0 Å². The third-order valence-electron chi connectivity index (χ3n) is 3.56. The van der Waals surface area contributed by atoms with Crippen LogP contribution in [0.15, 0.2) is 52.0 Å². The van der Waals surface area contributed by atoms with E-state index in [9.17, 15) is 8.42 Å². The molecule has 7 nitrogen and oxygen atoms in total. The number of hydrogen-bond donors (Lipinski definition) is 1. The van der Waals surface area contributed by atoms with Gasteiger partial charge in [-0.15, -0.1) is 0 Å². The van der Waals surface area contributed by atoms with Crippen molar-refractivity contribution in [2.75, 3.05) is 6.61 Å². The molecule has 0 aliphatic carbocycles. The Hall–Kier alpha value is -2.45. The average Bonchev–Trinajstić information content (AvgIpc) is 3.03. The van der Waals surface area contributed by atoms with Crippen LogP contribution in [-0.2, 0) is 10.0 Å². The summed E-state index contributed by atoms with van der Waals surface area (Å²) in [5, 5.41) is 7.35. The number of aromatic nitrogens is 2. The fourth-order valence-electron chi connectivity index (χ4n) is 2.48. The molecular formula is C16H17N3O4S. The first-order valence-corrected chi connectivity index (χ1v) is 8.96. The maximum atomic E-state index is 12.7. The zero-order valence-corrected chi connectivity index (χ0v) is 14.1. The average molecular weight is 347 g/mol. The van der Waals surface area contributed by atoms with Gasteiger partial charge in [0.2, 0.25) is 10.0 Å². The molecule has 24 heavy (non-hydrogen) atoms. The van der Waals surface area contributed by atoms with Crippen molar-refractivity contribution in [2.24, 2.45) is 0 Å². The highest BCUT2D eigenvalue weighted by molar-refractivity contribution is 7.89. The minimum absolute atomic E-state index is 0.0296. The van der Waals surface area contributed by atoms with Crippen LogP contribution < -0.4 is 9.46 Å². The number of nitrogens with zero attached hydrogens (tertiary/aromatic N) is 2. The molecule has 0 aliphatic rings. The minimum Gasteiger partial charge on any atom is -0.494 e. The van der Waals surface area contributed by atoms with E-state index in [1.54, 1.807) is 19.1 Å². The molecule has 0 fully saturated rings. The van der Waals surface area contributed by atoms with Gasteiger partial charge in [0.15, 0.2) is 5.52 Å². The Morgan fingerprint density at radius 2 is 1.96 bits per heavy atom. The Morgan fingerprint density at radius 3 is 2.75 bits per heavy atom. The molecule has 1 unspecified atom stereocenters. The van der Waals surface area contributed by atoms with E-state index in [4.69, 9.17) is 4.74 Å². The molecule has 1 aromatic heterocycles. The van der Waals surface area contributed by atoms with Gasteiger partial charge in [0.25, 0.3) is 0 Å². The number of nitrogens with one attached hydrogen (secondary N) is 1. The van der Waals surface area contributed by atoms with Crippen molar-refractivity contribution in [3.63, 3.8) is 0 Å². The highest BCUT2D eigenvalue weighted by Crippen LogP contribution is 2.27. The van der Waals surface area contributed by atoms with Gasteiger partial charge in [-0.1, -0.05) is 24.3 Å². The van der Waals surface area contributed by atoms with Crippen LogP contribution >= 0.6 is 0 Å². The second kappa shape index (κ2) is 6.58. The van der Waals surface area contributed by atoms with Crippen molar-refractivity contribution >= 4 is 21.1 Å². The lowest BCUT2D eigenvalue weighted by atomic mass is 10.1. The summed E-state index contributed by atoms with van der Waals surface area (Å²) >= 11 is 0. The van der Waals surface area contributed by atoms with Crippen molar-refractivity contribution in [1.29, 1.82) is 0 Å². The highest BCUT2D eigenvalue weighted by Gasteiger charge is 2.24. The summed E-state index contributed by atoms with van der Waals surface area (Å²) in [5.41, 5.74) is 1.35. The van der Waals surface area contributed by atoms with Gasteiger partial charge in [-0.05, 0) is 42.4 Å². The van der Waals surface area contributed by atoms with Gasteiger partial charge < -0.3 is 4.74 Å². The van der Waals surface area contributed by atoms with Crippen LogP contribution in [0.1, 0.15) is 25.5 Å². The summed E-state index contributed by atoms with van der Waals surface area (Å²) in [6.07, 6.45) is 0. The molecule has 0 saturated carbocycles. The molecule has 8 heteroatoms. The first kappa shape index (κ1) is 16.4. The van der Waals surface area contributed by atoms with Crippen molar-refractivity contribution in [1.82, 2.24) is 15.0 Å². The Bertz CT molecular complexity index is 953. The molecule has 2 aromatic carbocycles. The fourth-order valence-corrected chi connectivity index (χ4v) is 3.86. The van der Waals surface area contributed by atoms with E-state index < -0.39 is 16.1 Å². The molecule has 0 aliphatic heterocycles. The van der Waals surface area contributed by atoms with Crippen molar-refractivity contribution < 1.29 is 17.8 Å². The molecule has 3 aromatic rings. The molecule has 1 heterocycles. The molecule has 1 N–H and O–H groups in total. The maximum Gasteiger partial charge on any atom is 0.243 e. The summed E-state index contributed by atoms with van der Waals surface area (Å²) in [4.78, 5) is 0.0296. The molecule has 0 radical (unpaired) electrons. The van der Waals surface area contributed by atoms with Crippen molar-refractivity contribution in [2.45, 2.75) is 24.8 Å². The lowest BCUT2D eigenvalue weighted by Gasteiger charge is -2.18. The van der Waals surface area contributed by atoms with Crippen LogP contribution in [0.25, 0.3) is 11.0 Å². The van der Waals surface area contributed by atoms with Gasteiger partial charge in [0.1, 0.15) is 16.2 Å². The largest absolute Gasteiger partial charge is 0.494 e. The Labute approximate surface area is 139 Å². The topological polar surface area (TPSA) is 94.3 Å². The van der Waals surface area contributed by atoms with Gasteiger partial charge in [-0.25, -0.2) is 17.8 Å². The summed E-state index contributed by atoms with van der Waals surface area (Å²) in [6, 6.07) is 11.5. The second-order valence-corrected chi connectivity index (χ2v) is 6.88. The Morgan fingerprint density at radius 1 is 1.17 bits per heavy atom. The van der Waals surface area contributed by atoms with Crippen LogP contribution in [0.4, 0.5) is 0 Å². The van der Waals surface area contributed by atoms with Crippen molar-refractivity contribution in [3.8, 4) is 5.75 Å². The molecule has 1 atom stereocenters. The van der Waals surface area contributed by atoms with E-state index in [2.05, 4.69) is 19.7 Å². The molecule has 0 spiro atoms. The fraction of sp³-hybridized carbons (Fsp3) is 0.250. The quantitative estimate of drug-likeness (QED) is 0.737. The Kier molecular flexibility index (Phi) is 4.50. The van der Waals surface area contributed by atoms with E-state index in [1.807, 2.05) is 31.2 Å². The number of fused-ring (bicyclic) bond motifs is 1. The monoisotopic (exact) mass is 347 g/mol. The standard InChI is InChI=1S/C16H17N3O4S/c1-3-22-14-9-5-4-7-12(14)11(2)19-24(20,21)15-10-6-8-13-16(15)18-23-17-13/h4-11,19H,3H2,1-2H3. The van der Waals surface area contributed by atoms with Gasteiger partial charge in [0, 0.05) is 11.6 Å². The second-order valence-electron chi connectivity index (χ2n) is 5.20. The lowest BCUT2D eigenvalue weighted by Crippen LogP contribution is -2.27. The maximum absolute atomic E-state index is 12.7. The number of benzene rings is 2. The number of rotatable bonds is 6. The molecule has 3 rings (SSSR count). The van der Waals surface area contributed by atoms with E-state index >= 15 is 0 Å².